The van der Waals surface area contributed by atoms with Gasteiger partial charge >= 0.3 is 0 Å². The third-order valence-electron chi connectivity index (χ3n) is 5.30. The average Bonchev–Trinajstić information content (AvgIpc) is 2.77. The van der Waals surface area contributed by atoms with Crippen molar-refractivity contribution in [2.24, 2.45) is 0 Å². The van der Waals surface area contributed by atoms with Gasteiger partial charge in [0.15, 0.2) is 0 Å². The SMILES string of the molecule is CS(=O)(=O)N(CCCC(=O)Nc1ccc(S(=O)(=O)N2CCCCC2)cc1)c1ccccc1. The highest BCUT2D eigenvalue weighted by Crippen LogP contribution is 2.22. The molecule has 2 aromatic carbocycles. The smallest absolute Gasteiger partial charge is 0.243 e. The van der Waals surface area contributed by atoms with Gasteiger partial charge in [-0.05, 0) is 55.7 Å². The Kier molecular flexibility index (Phi) is 7.91. The largest absolute Gasteiger partial charge is 0.326 e. The number of benzene rings is 2. The van der Waals surface area contributed by atoms with E-state index < -0.39 is 20.0 Å². The molecule has 8 nitrogen and oxygen atoms in total. The zero-order valence-corrected chi connectivity index (χ0v) is 19.7. The van der Waals surface area contributed by atoms with Crippen LogP contribution in [0.4, 0.5) is 11.4 Å². The second-order valence-electron chi connectivity index (χ2n) is 7.81. The van der Waals surface area contributed by atoms with E-state index >= 15 is 0 Å². The molecular formula is C22H29N3O5S2. The standard InChI is InChI=1S/C22H29N3O5S2/c1-31(27,28)25(20-9-4-2-5-10-20)18-8-11-22(26)23-19-12-14-21(15-13-19)32(29,30)24-16-6-3-7-17-24/h2,4-5,9-10,12-15H,3,6-8,11,16-18H2,1H3,(H,23,26). The first-order valence-electron chi connectivity index (χ1n) is 10.6. The summed E-state index contributed by atoms with van der Waals surface area (Å²) in [6.45, 7) is 1.26. The molecule has 174 valence electrons. The van der Waals surface area contributed by atoms with Gasteiger partial charge in [-0.15, -0.1) is 0 Å². The van der Waals surface area contributed by atoms with Crippen LogP contribution in [-0.4, -0.2) is 52.9 Å². The fourth-order valence-corrected chi connectivity index (χ4v) is 6.13. The number of para-hydroxylation sites is 1. The third kappa shape index (κ3) is 6.30. The van der Waals surface area contributed by atoms with E-state index in [1.807, 2.05) is 0 Å². The Morgan fingerprint density at radius 1 is 0.938 bits per heavy atom. The van der Waals surface area contributed by atoms with Gasteiger partial charge in [0.25, 0.3) is 0 Å². The summed E-state index contributed by atoms with van der Waals surface area (Å²) in [6, 6.07) is 14.9. The van der Waals surface area contributed by atoms with Crippen molar-refractivity contribution in [2.75, 3.05) is 35.5 Å². The average molecular weight is 480 g/mol. The highest BCUT2D eigenvalue weighted by Gasteiger charge is 2.25. The first kappa shape index (κ1) is 24.2. The van der Waals surface area contributed by atoms with E-state index in [4.69, 9.17) is 0 Å². The Morgan fingerprint density at radius 3 is 2.16 bits per heavy atom. The molecule has 1 aliphatic heterocycles. The molecule has 1 N–H and O–H groups in total. The van der Waals surface area contributed by atoms with E-state index in [0.29, 0.717) is 30.9 Å². The maximum atomic E-state index is 12.7. The minimum atomic E-state index is -3.51. The van der Waals surface area contributed by atoms with Crippen molar-refractivity contribution in [3.63, 3.8) is 0 Å². The van der Waals surface area contributed by atoms with Crippen LogP contribution in [0.25, 0.3) is 0 Å². The first-order valence-corrected chi connectivity index (χ1v) is 13.9. The lowest BCUT2D eigenvalue weighted by Crippen LogP contribution is -2.35. The predicted octanol–water partition coefficient (Wildman–Crippen LogP) is 3.05. The van der Waals surface area contributed by atoms with Crippen LogP contribution in [0.3, 0.4) is 0 Å². The Hall–Kier alpha value is -2.43. The van der Waals surface area contributed by atoms with Gasteiger partial charge in [0.1, 0.15) is 0 Å². The number of hydrogen-bond donors (Lipinski definition) is 1. The molecule has 32 heavy (non-hydrogen) atoms. The lowest BCUT2D eigenvalue weighted by atomic mass is 10.2. The fourth-order valence-electron chi connectivity index (χ4n) is 3.65. The molecule has 10 heteroatoms. The molecule has 1 amide bonds. The van der Waals surface area contributed by atoms with Gasteiger partial charge in [-0.1, -0.05) is 24.6 Å². The Balaban J connectivity index is 1.55. The van der Waals surface area contributed by atoms with E-state index in [1.54, 1.807) is 42.5 Å². The second-order valence-corrected chi connectivity index (χ2v) is 11.7. The van der Waals surface area contributed by atoms with Gasteiger partial charge in [-0.25, -0.2) is 16.8 Å². The number of sulfonamides is 2. The summed E-state index contributed by atoms with van der Waals surface area (Å²) in [6.07, 6.45) is 4.40. The van der Waals surface area contributed by atoms with Crippen LogP contribution in [0.2, 0.25) is 0 Å². The zero-order valence-electron chi connectivity index (χ0n) is 18.1. The number of amides is 1. The molecule has 0 radical (unpaired) electrons. The van der Waals surface area contributed by atoms with E-state index in [2.05, 4.69) is 5.32 Å². The molecule has 0 aromatic heterocycles. The number of anilines is 2. The summed E-state index contributed by atoms with van der Waals surface area (Å²) in [5.41, 5.74) is 1.05. The first-order chi connectivity index (χ1) is 15.2. The van der Waals surface area contributed by atoms with E-state index in [0.717, 1.165) is 25.5 Å². The van der Waals surface area contributed by atoms with Crippen LogP contribution in [-0.2, 0) is 24.8 Å². The Bertz CT molecular complexity index is 1110. The molecule has 0 unspecified atom stereocenters. The normalized spacial score (nSPS) is 15.3. The highest BCUT2D eigenvalue weighted by molar-refractivity contribution is 7.92. The van der Waals surface area contributed by atoms with E-state index in [9.17, 15) is 21.6 Å². The molecule has 1 fully saturated rings. The number of hydrogen-bond acceptors (Lipinski definition) is 5. The number of rotatable bonds is 9. The van der Waals surface area contributed by atoms with Crippen LogP contribution < -0.4 is 9.62 Å². The van der Waals surface area contributed by atoms with E-state index in [1.165, 1.54) is 20.7 Å². The number of nitrogens with one attached hydrogen (secondary N) is 1. The van der Waals surface area contributed by atoms with Crippen molar-refractivity contribution in [2.45, 2.75) is 37.0 Å². The molecule has 1 saturated heterocycles. The van der Waals surface area contributed by atoms with Crippen molar-refractivity contribution in [3.05, 3.63) is 54.6 Å². The fraction of sp³-hybridized carbons (Fsp3) is 0.409. The van der Waals surface area contributed by atoms with Crippen LogP contribution in [0, 0.1) is 0 Å². The predicted molar refractivity (Wildman–Crippen MR) is 126 cm³/mol. The number of carbonyl (C=O) groups is 1. The van der Waals surface area contributed by atoms with Crippen molar-refractivity contribution >= 4 is 37.3 Å². The van der Waals surface area contributed by atoms with Crippen molar-refractivity contribution < 1.29 is 21.6 Å². The van der Waals surface area contributed by atoms with Gasteiger partial charge in [-0.2, -0.15) is 4.31 Å². The number of nitrogens with zero attached hydrogens (tertiary/aromatic N) is 2. The summed E-state index contributed by atoms with van der Waals surface area (Å²) < 4.78 is 52.4. The minimum Gasteiger partial charge on any atom is -0.326 e. The molecule has 0 saturated carbocycles. The molecule has 0 bridgehead atoms. The van der Waals surface area contributed by atoms with Crippen LogP contribution >= 0.6 is 0 Å². The molecule has 3 rings (SSSR count). The molecule has 2 aromatic rings. The molecule has 1 aliphatic rings. The second kappa shape index (κ2) is 10.5. The van der Waals surface area contributed by atoms with Gasteiger partial charge in [-0.3, -0.25) is 9.10 Å². The highest BCUT2D eigenvalue weighted by atomic mass is 32.2. The van der Waals surface area contributed by atoms with Gasteiger partial charge in [0.2, 0.25) is 26.0 Å². The van der Waals surface area contributed by atoms with Gasteiger partial charge < -0.3 is 5.32 Å². The van der Waals surface area contributed by atoms with Crippen LogP contribution in [0.1, 0.15) is 32.1 Å². The van der Waals surface area contributed by atoms with Gasteiger partial charge in [0, 0.05) is 31.7 Å². The third-order valence-corrected chi connectivity index (χ3v) is 8.41. The quantitative estimate of drug-likeness (QED) is 0.595. The number of piperidine rings is 1. The maximum Gasteiger partial charge on any atom is 0.243 e. The lowest BCUT2D eigenvalue weighted by Gasteiger charge is -2.25. The minimum absolute atomic E-state index is 0.132. The summed E-state index contributed by atoms with van der Waals surface area (Å²) in [4.78, 5) is 12.5. The summed E-state index contributed by atoms with van der Waals surface area (Å²) >= 11 is 0. The molecule has 0 atom stereocenters. The summed E-state index contributed by atoms with van der Waals surface area (Å²) in [5.74, 6) is -0.266. The summed E-state index contributed by atoms with van der Waals surface area (Å²) in [5, 5.41) is 2.74. The topological polar surface area (TPSA) is 104 Å². The van der Waals surface area contributed by atoms with Crippen molar-refractivity contribution in [1.82, 2.24) is 4.31 Å². The van der Waals surface area contributed by atoms with Crippen LogP contribution in [0.5, 0.6) is 0 Å². The Labute approximate surface area is 190 Å². The molecule has 1 heterocycles. The molecular weight excluding hydrogens is 450 g/mol. The Morgan fingerprint density at radius 2 is 1.56 bits per heavy atom. The van der Waals surface area contributed by atoms with Crippen molar-refractivity contribution in [3.8, 4) is 0 Å². The molecule has 0 aliphatic carbocycles. The molecule has 0 spiro atoms. The van der Waals surface area contributed by atoms with Gasteiger partial charge in [0.05, 0.1) is 16.8 Å². The van der Waals surface area contributed by atoms with Crippen molar-refractivity contribution in [1.29, 1.82) is 0 Å². The van der Waals surface area contributed by atoms with E-state index in [-0.39, 0.29) is 23.8 Å². The summed E-state index contributed by atoms with van der Waals surface area (Å²) in [7, 11) is -6.98. The monoisotopic (exact) mass is 479 g/mol. The number of carbonyl (C=O) groups excluding carboxylic acids is 1. The maximum absolute atomic E-state index is 12.7. The lowest BCUT2D eigenvalue weighted by molar-refractivity contribution is -0.116. The van der Waals surface area contributed by atoms with Crippen LogP contribution in [0.15, 0.2) is 59.5 Å². The zero-order chi connectivity index (χ0) is 23.2.